The van der Waals surface area contributed by atoms with E-state index in [0.717, 1.165) is 17.3 Å². The fraction of sp³-hybridized carbons (Fsp3) is 0.273. The van der Waals surface area contributed by atoms with Crippen LogP contribution >= 0.6 is 11.6 Å². The Morgan fingerprint density at radius 1 is 1.14 bits per heavy atom. The second kappa shape index (κ2) is 2.92. The number of aromatic nitrogens is 2. The molecule has 0 fully saturated rings. The van der Waals surface area contributed by atoms with Crippen molar-refractivity contribution in [3.05, 3.63) is 34.5 Å². The first kappa shape index (κ1) is 8.18. The SMILES string of the molecule is Clc1cc2ccc3c(c2nn1)CCC3. The van der Waals surface area contributed by atoms with Crippen LogP contribution in [0.25, 0.3) is 10.9 Å². The van der Waals surface area contributed by atoms with Gasteiger partial charge in [-0.25, -0.2) is 0 Å². The third kappa shape index (κ3) is 1.11. The molecule has 0 saturated carbocycles. The number of rotatable bonds is 0. The lowest BCUT2D eigenvalue weighted by Crippen LogP contribution is -1.91. The van der Waals surface area contributed by atoms with Crippen LogP contribution in [0.1, 0.15) is 17.5 Å². The van der Waals surface area contributed by atoms with Crippen molar-refractivity contribution in [1.29, 1.82) is 0 Å². The summed E-state index contributed by atoms with van der Waals surface area (Å²) >= 11 is 5.80. The van der Waals surface area contributed by atoms with Crippen LogP contribution in [-0.2, 0) is 12.8 Å². The zero-order valence-corrected chi connectivity index (χ0v) is 8.38. The molecule has 1 aromatic heterocycles. The smallest absolute Gasteiger partial charge is 0.149 e. The van der Waals surface area contributed by atoms with Gasteiger partial charge in [-0.05, 0) is 36.5 Å². The van der Waals surface area contributed by atoms with Crippen molar-refractivity contribution >= 4 is 22.5 Å². The Labute approximate surface area is 86.9 Å². The summed E-state index contributed by atoms with van der Waals surface area (Å²) in [6, 6.07) is 6.14. The number of halogens is 1. The van der Waals surface area contributed by atoms with Crippen molar-refractivity contribution in [2.45, 2.75) is 19.3 Å². The number of hydrogen-bond donors (Lipinski definition) is 0. The van der Waals surface area contributed by atoms with Crippen molar-refractivity contribution in [3.8, 4) is 0 Å². The van der Waals surface area contributed by atoms with Crippen molar-refractivity contribution in [2.75, 3.05) is 0 Å². The van der Waals surface area contributed by atoms with Gasteiger partial charge in [0.05, 0.1) is 5.52 Å². The molecule has 0 unspecified atom stereocenters. The summed E-state index contributed by atoms with van der Waals surface area (Å²) in [5, 5.41) is 9.64. The molecule has 0 amide bonds. The third-order valence-electron chi connectivity index (χ3n) is 2.80. The molecule has 3 heteroatoms. The van der Waals surface area contributed by atoms with Gasteiger partial charge >= 0.3 is 0 Å². The lowest BCUT2D eigenvalue weighted by Gasteiger charge is -2.03. The van der Waals surface area contributed by atoms with Crippen LogP contribution in [-0.4, -0.2) is 10.2 Å². The molecule has 1 aliphatic rings. The third-order valence-corrected chi connectivity index (χ3v) is 2.99. The number of benzene rings is 1. The molecule has 2 aromatic rings. The Morgan fingerprint density at radius 2 is 2.07 bits per heavy atom. The summed E-state index contributed by atoms with van der Waals surface area (Å²) in [7, 11) is 0. The average molecular weight is 205 g/mol. The number of aryl methyl sites for hydroxylation is 2. The standard InChI is InChI=1S/C11H9ClN2/c12-10-6-8-5-4-7-2-1-3-9(7)11(8)14-13-10/h4-6H,1-3H2. The maximum atomic E-state index is 5.80. The van der Waals surface area contributed by atoms with Crippen LogP contribution in [0.5, 0.6) is 0 Å². The average Bonchev–Trinajstić information content (AvgIpc) is 2.65. The molecule has 0 saturated heterocycles. The van der Waals surface area contributed by atoms with Gasteiger partial charge in [-0.3, -0.25) is 0 Å². The molecule has 2 nitrogen and oxygen atoms in total. The lowest BCUT2D eigenvalue weighted by atomic mass is 10.1. The highest BCUT2D eigenvalue weighted by Gasteiger charge is 2.14. The molecule has 0 spiro atoms. The van der Waals surface area contributed by atoms with Gasteiger partial charge in [-0.1, -0.05) is 23.7 Å². The minimum absolute atomic E-state index is 0.468. The van der Waals surface area contributed by atoms with E-state index in [1.807, 2.05) is 6.07 Å². The summed E-state index contributed by atoms with van der Waals surface area (Å²) in [6.45, 7) is 0. The molecule has 1 aromatic carbocycles. The van der Waals surface area contributed by atoms with Crippen LogP contribution in [0.4, 0.5) is 0 Å². The molecule has 70 valence electrons. The van der Waals surface area contributed by atoms with E-state index < -0.39 is 0 Å². The topological polar surface area (TPSA) is 25.8 Å². The first-order chi connectivity index (χ1) is 6.84. The van der Waals surface area contributed by atoms with Gasteiger partial charge in [0.25, 0.3) is 0 Å². The minimum atomic E-state index is 0.468. The minimum Gasteiger partial charge on any atom is -0.149 e. The highest BCUT2D eigenvalue weighted by Crippen LogP contribution is 2.28. The molecule has 1 aliphatic carbocycles. The van der Waals surface area contributed by atoms with Crippen molar-refractivity contribution in [2.24, 2.45) is 0 Å². The monoisotopic (exact) mass is 204 g/mol. The van der Waals surface area contributed by atoms with Crippen LogP contribution in [0.2, 0.25) is 5.15 Å². The Bertz CT molecular complexity index is 508. The van der Waals surface area contributed by atoms with E-state index in [1.54, 1.807) is 0 Å². The Balaban J connectivity index is 2.39. The maximum Gasteiger partial charge on any atom is 0.152 e. The summed E-state index contributed by atoms with van der Waals surface area (Å²) in [6.07, 6.45) is 3.54. The zero-order chi connectivity index (χ0) is 9.54. The van der Waals surface area contributed by atoms with Gasteiger partial charge < -0.3 is 0 Å². The molecule has 0 atom stereocenters. The van der Waals surface area contributed by atoms with Crippen LogP contribution in [0, 0.1) is 0 Å². The van der Waals surface area contributed by atoms with E-state index >= 15 is 0 Å². The van der Waals surface area contributed by atoms with Crippen molar-refractivity contribution < 1.29 is 0 Å². The Kier molecular flexibility index (Phi) is 1.71. The quantitative estimate of drug-likeness (QED) is 0.660. The second-order valence-corrected chi connectivity index (χ2v) is 4.05. The first-order valence-electron chi connectivity index (χ1n) is 4.78. The largest absolute Gasteiger partial charge is 0.152 e. The number of nitrogens with zero attached hydrogens (tertiary/aromatic N) is 2. The van der Waals surface area contributed by atoms with Gasteiger partial charge in [0.15, 0.2) is 5.15 Å². The van der Waals surface area contributed by atoms with E-state index in [0.29, 0.717) is 5.15 Å². The number of hydrogen-bond acceptors (Lipinski definition) is 2. The summed E-state index contributed by atoms with van der Waals surface area (Å²) in [5.74, 6) is 0. The predicted molar refractivity (Wildman–Crippen MR) is 56.6 cm³/mol. The molecule has 0 radical (unpaired) electrons. The summed E-state index contributed by atoms with van der Waals surface area (Å²) < 4.78 is 0. The molecular formula is C11H9ClN2. The van der Waals surface area contributed by atoms with Crippen molar-refractivity contribution in [1.82, 2.24) is 10.2 Å². The maximum absolute atomic E-state index is 5.80. The van der Waals surface area contributed by atoms with Crippen molar-refractivity contribution in [3.63, 3.8) is 0 Å². The molecule has 14 heavy (non-hydrogen) atoms. The summed E-state index contributed by atoms with van der Waals surface area (Å²) in [4.78, 5) is 0. The van der Waals surface area contributed by atoms with Crippen LogP contribution in [0.3, 0.4) is 0 Å². The summed E-state index contributed by atoms with van der Waals surface area (Å²) in [5.41, 5.74) is 3.82. The molecule has 0 N–H and O–H groups in total. The van der Waals surface area contributed by atoms with Gasteiger partial charge in [0, 0.05) is 5.39 Å². The normalized spacial score (nSPS) is 14.6. The second-order valence-electron chi connectivity index (χ2n) is 3.66. The molecule has 0 bridgehead atoms. The highest BCUT2D eigenvalue weighted by atomic mass is 35.5. The fourth-order valence-electron chi connectivity index (χ4n) is 2.15. The molecule has 0 aliphatic heterocycles. The Morgan fingerprint density at radius 3 is 3.00 bits per heavy atom. The van der Waals surface area contributed by atoms with E-state index in [1.165, 1.54) is 24.0 Å². The lowest BCUT2D eigenvalue weighted by molar-refractivity contribution is 0.911. The molecular weight excluding hydrogens is 196 g/mol. The van der Waals surface area contributed by atoms with Gasteiger partial charge in [-0.2, -0.15) is 0 Å². The fourth-order valence-corrected chi connectivity index (χ4v) is 2.31. The number of fused-ring (bicyclic) bond motifs is 3. The van der Waals surface area contributed by atoms with Gasteiger partial charge in [-0.15, -0.1) is 10.2 Å². The van der Waals surface area contributed by atoms with E-state index in [2.05, 4.69) is 22.3 Å². The first-order valence-corrected chi connectivity index (χ1v) is 5.16. The van der Waals surface area contributed by atoms with E-state index in [4.69, 9.17) is 11.6 Å². The van der Waals surface area contributed by atoms with Gasteiger partial charge in [0.1, 0.15) is 0 Å². The van der Waals surface area contributed by atoms with Crippen LogP contribution < -0.4 is 0 Å². The molecule has 3 rings (SSSR count). The molecule has 1 heterocycles. The van der Waals surface area contributed by atoms with Crippen LogP contribution in [0.15, 0.2) is 18.2 Å². The van der Waals surface area contributed by atoms with Gasteiger partial charge in [0.2, 0.25) is 0 Å². The Hall–Kier alpha value is -1.15. The van der Waals surface area contributed by atoms with E-state index in [9.17, 15) is 0 Å². The van der Waals surface area contributed by atoms with E-state index in [-0.39, 0.29) is 0 Å². The highest BCUT2D eigenvalue weighted by molar-refractivity contribution is 6.29. The zero-order valence-electron chi connectivity index (χ0n) is 7.63. The predicted octanol–water partition coefficient (Wildman–Crippen LogP) is 2.77.